The lowest BCUT2D eigenvalue weighted by Gasteiger charge is -2.20. The van der Waals surface area contributed by atoms with Crippen molar-refractivity contribution < 1.29 is 4.79 Å². The first-order valence-corrected chi connectivity index (χ1v) is 9.20. The third-order valence-electron chi connectivity index (χ3n) is 4.08. The van der Waals surface area contributed by atoms with Gasteiger partial charge in [0, 0.05) is 17.5 Å². The van der Waals surface area contributed by atoms with Crippen molar-refractivity contribution in [3.8, 4) is 0 Å². The minimum atomic E-state index is -0.140. The summed E-state index contributed by atoms with van der Waals surface area (Å²) in [6.45, 7) is 4.66. The first-order valence-electron chi connectivity index (χ1n) is 8.32. The van der Waals surface area contributed by atoms with Gasteiger partial charge < -0.3 is 0 Å². The number of para-hydroxylation sites is 1. The number of benzene rings is 2. The molecule has 130 valence electrons. The molecule has 0 bridgehead atoms. The summed E-state index contributed by atoms with van der Waals surface area (Å²) < 4.78 is 1.81. The van der Waals surface area contributed by atoms with Gasteiger partial charge in [-0.05, 0) is 44.2 Å². The highest BCUT2D eigenvalue weighted by Gasteiger charge is 2.23. The number of carbonyl (C=O) groups excluding carboxylic acids is 1. The van der Waals surface area contributed by atoms with Crippen LogP contribution in [0.1, 0.15) is 23.0 Å². The molecule has 0 saturated heterocycles. The topological polar surface area (TPSA) is 63.9 Å². The van der Waals surface area contributed by atoms with E-state index in [1.54, 1.807) is 11.0 Å². The second kappa shape index (κ2) is 6.68. The molecular formula is C19H17N5OS. The van der Waals surface area contributed by atoms with E-state index in [1.165, 1.54) is 11.3 Å². The molecule has 0 radical (unpaired) electrons. The van der Waals surface area contributed by atoms with Crippen LogP contribution in [0.5, 0.6) is 0 Å². The van der Waals surface area contributed by atoms with Gasteiger partial charge in [-0.1, -0.05) is 23.4 Å². The van der Waals surface area contributed by atoms with E-state index in [2.05, 4.69) is 15.3 Å². The number of carbonyl (C=O) groups is 1. The van der Waals surface area contributed by atoms with Crippen LogP contribution in [0.15, 0.2) is 53.9 Å². The van der Waals surface area contributed by atoms with Crippen LogP contribution in [0.4, 0.5) is 10.8 Å². The van der Waals surface area contributed by atoms with E-state index >= 15 is 0 Å². The largest absolute Gasteiger partial charge is 0.268 e. The molecule has 2 aromatic carbocycles. The summed E-state index contributed by atoms with van der Waals surface area (Å²) in [5.74, 6) is -0.140. The normalized spacial score (nSPS) is 11.0. The van der Waals surface area contributed by atoms with Crippen LogP contribution < -0.4 is 4.90 Å². The summed E-state index contributed by atoms with van der Waals surface area (Å²) in [5, 5.41) is 10.9. The van der Waals surface area contributed by atoms with Gasteiger partial charge in [-0.3, -0.25) is 9.69 Å². The quantitative estimate of drug-likeness (QED) is 0.545. The maximum atomic E-state index is 13.3. The van der Waals surface area contributed by atoms with E-state index in [0.717, 1.165) is 23.4 Å². The van der Waals surface area contributed by atoms with Gasteiger partial charge in [0.15, 0.2) is 5.13 Å². The van der Waals surface area contributed by atoms with Crippen LogP contribution in [-0.2, 0) is 6.54 Å². The highest BCUT2D eigenvalue weighted by molar-refractivity contribution is 7.14. The molecular weight excluding hydrogens is 346 g/mol. The van der Waals surface area contributed by atoms with Crippen LogP contribution in [0.3, 0.4) is 0 Å². The third kappa shape index (κ3) is 2.86. The summed E-state index contributed by atoms with van der Waals surface area (Å²) in [6.07, 6.45) is 0. The summed E-state index contributed by atoms with van der Waals surface area (Å²) in [4.78, 5) is 19.5. The highest BCUT2D eigenvalue weighted by atomic mass is 32.1. The number of thiazole rings is 1. The van der Waals surface area contributed by atoms with Crippen molar-refractivity contribution in [1.29, 1.82) is 0 Å². The molecule has 0 atom stereocenters. The van der Waals surface area contributed by atoms with Crippen LogP contribution in [0.25, 0.3) is 11.0 Å². The van der Waals surface area contributed by atoms with Crippen molar-refractivity contribution in [2.75, 3.05) is 4.90 Å². The molecule has 7 heteroatoms. The average Bonchev–Trinajstić information content (AvgIpc) is 3.28. The number of fused-ring (bicyclic) bond motifs is 1. The molecule has 0 N–H and O–H groups in total. The van der Waals surface area contributed by atoms with E-state index < -0.39 is 0 Å². The zero-order chi connectivity index (χ0) is 18.1. The molecule has 0 aliphatic rings. The van der Waals surface area contributed by atoms with Gasteiger partial charge in [0.05, 0.1) is 16.9 Å². The highest BCUT2D eigenvalue weighted by Crippen LogP contribution is 2.30. The molecule has 4 rings (SSSR count). The first-order chi connectivity index (χ1) is 12.7. The molecule has 0 spiro atoms. The van der Waals surface area contributed by atoms with Crippen LogP contribution in [-0.4, -0.2) is 25.9 Å². The van der Waals surface area contributed by atoms with Crippen molar-refractivity contribution in [3.05, 3.63) is 65.2 Å². The Labute approximate surface area is 154 Å². The molecule has 2 aromatic heterocycles. The number of amides is 1. The fourth-order valence-electron chi connectivity index (χ4n) is 2.80. The minimum Gasteiger partial charge on any atom is -0.268 e. The standard InChI is InChI=1S/C19H17N5OS/c1-3-23-17-10-9-14(11-16(17)21-22-23)18(25)24(15-7-5-4-6-8-15)19-20-13(2)12-26-19/h4-12H,3H2,1-2H3. The fourth-order valence-corrected chi connectivity index (χ4v) is 3.62. The van der Waals surface area contributed by atoms with E-state index in [-0.39, 0.29) is 5.91 Å². The van der Waals surface area contributed by atoms with Gasteiger partial charge in [-0.15, -0.1) is 16.4 Å². The molecule has 26 heavy (non-hydrogen) atoms. The van der Waals surface area contributed by atoms with Gasteiger partial charge in [0.2, 0.25) is 0 Å². The van der Waals surface area contributed by atoms with Crippen LogP contribution in [0, 0.1) is 6.92 Å². The van der Waals surface area contributed by atoms with Crippen LogP contribution in [0.2, 0.25) is 0 Å². The maximum absolute atomic E-state index is 13.3. The zero-order valence-electron chi connectivity index (χ0n) is 14.5. The number of aryl methyl sites for hydroxylation is 2. The van der Waals surface area contributed by atoms with Gasteiger partial charge in [-0.2, -0.15) is 0 Å². The van der Waals surface area contributed by atoms with E-state index in [4.69, 9.17) is 0 Å². The zero-order valence-corrected chi connectivity index (χ0v) is 15.3. The Bertz CT molecular complexity index is 1070. The van der Waals surface area contributed by atoms with Crippen LogP contribution >= 0.6 is 11.3 Å². The Balaban J connectivity index is 1.79. The van der Waals surface area contributed by atoms with Gasteiger partial charge in [-0.25, -0.2) is 9.67 Å². The number of aromatic nitrogens is 4. The summed E-state index contributed by atoms with van der Waals surface area (Å²) in [5.41, 5.74) is 3.85. The molecule has 4 aromatic rings. The van der Waals surface area contributed by atoms with E-state index in [9.17, 15) is 4.79 Å². The smallest absolute Gasteiger partial charge is 0.264 e. The second-order valence-corrected chi connectivity index (χ2v) is 6.69. The lowest BCUT2D eigenvalue weighted by molar-refractivity contribution is 0.0999. The Kier molecular flexibility index (Phi) is 4.22. The fraction of sp³-hybridized carbons (Fsp3) is 0.158. The predicted molar refractivity (Wildman–Crippen MR) is 103 cm³/mol. The number of rotatable bonds is 4. The van der Waals surface area contributed by atoms with E-state index in [1.807, 2.05) is 66.4 Å². The number of nitrogens with zero attached hydrogens (tertiary/aromatic N) is 5. The number of hydrogen-bond acceptors (Lipinski definition) is 5. The minimum absolute atomic E-state index is 0.140. The SMILES string of the molecule is CCn1nnc2cc(C(=O)N(c3ccccc3)c3nc(C)cs3)ccc21. The van der Waals surface area contributed by atoms with E-state index in [0.29, 0.717) is 16.2 Å². The second-order valence-electron chi connectivity index (χ2n) is 5.86. The molecule has 2 heterocycles. The van der Waals surface area contributed by atoms with Crippen molar-refractivity contribution in [1.82, 2.24) is 20.0 Å². The number of hydrogen-bond donors (Lipinski definition) is 0. The van der Waals surface area contributed by atoms with Crippen molar-refractivity contribution in [2.45, 2.75) is 20.4 Å². The Morgan fingerprint density at radius 1 is 1.19 bits per heavy atom. The Hall–Kier alpha value is -3.06. The van der Waals surface area contributed by atoms with Gasteiger partial charge in [0.1, 0.15) is 5.52 Å². The Morgan fingerprint density at radius 3 is 2.69 bits per heavy atom. The molecule has 0 aliphatic carbocycles. The molecule has 0 fully saturated rings. The predicted octanol–water partition coefficient (Wildman–Crippen LogP) is 4.19. The van der Waals surface area contributed by atoms with Gasteiger partial charge >= 0.3 is 0 Å². The third-order valence-corrected chi connectivity index (χ3v) is 5.02. The molecule has 0 saturated carbocycles. The summed E-state index contributed by atoms with van der Waals surface area (Å²) >= 11 is 1.45. The Morgan fingerprint density at radius 2 is 2.00 bits per heavy atom. The molecule has 1 amide bonds. The lowest BCUT2D eigenvalue weighted by Crippen LogP contribution is -2.25. The molecule has 0 unspecified atom stereocenters. The van der Waals surface area contributed by atoms with Crippen molar-refractivity contribution >= 4 is 39.1 Å². The maximum Gasteiger partial charge on any atom is 0.264 e. The average molecular weight is 363 g/mol. The lowest BCUT2D eigenvalue weighted by atomic mass is 10.1. The summed E-state index contributed by atoms with van der Waals surface area (Å²) in [6, 6.07) is 15.0. The van der Waals surface area contributed by atoms with Crippen molar-refractivity contribution in [3.63, 3.8) is 0 Å². The first kappa shape index (κ1) is 16.4. The molecule has 0 aliphatic heterocycles. The van der Waals surface area contributed by atoms with Gasteiger partial charge in [0.25, 0.3) is 5.91 Å². The van der Waals surface area contributed by atoms with Crippen molar-refractivity contribution in [2.24, 2.45) is 0 Å². The monoisotopic (exact) mass is 363 g/mol. The molecule has 6 nitrogen and oxygen atoms in total. The summed E-state index contributed by atoms with van der Waals surface area (Å²) in [7, 11) is 0. The number of anilines is 2.